The summed E-state index contributed by atoms with van der Waals surface area (Å²) < 4.78 is 2.13. The largest absolute Gasteiger partial charge is 0.477 e. The summed E-state index contributed by atoms with van der Waals surface area (Å²) in [6.45, 7) is 1.92. The van der Waals surface area contributed by atoms with Crippen molar-refractivity contribution in [3.05, 3.63) is 23.5 Å². The predicted octanol–water partition coefficient (Wildman–Crippen LogP) is 3.42. The van der Waals surface area contributed by atoms with Crippen LogP contribution in [0.3, 0.4) is 0 Å². The highest BCUT2D eigenvalue weighted by atomic mass is 16.4. The zero-order chi connectivity index (χ0) is 13.2. The maximum atomic E-state index is 11.6. The van der Waals surface area contributed by atoms with Crippen LogP contribution in [0.1, 0.15) is 54.6 Å². The number of carboxylic acids is 1. The Morgan fingerprint density at radius 2 is 1.74 bits per heavy atom. The first-order valence-electron chi connectivity index (χ1n) is 7.49. The normalized spacial score (nSPS) is 39.7. The van der Waals surface area contributed by atoms with E-state index >= 15 is 0 Å². The lowest BCUT2D eigenvalue weighted by molar-refractivity contribution is -0.0443. The van der Waals surface area contributed by atoms with Gasteiger partial charge in [-0.1, -0.05) is 0 Å². The van der Waals surface area contributed by atoms with Crippen molar-refractivity contribution in [3.8, 4) is 0 Å². The van der Waals surface area contributed by atoms with Crippen LogP contribution in [-0.4, -0.2) is 15.6 Å². The standard InChI is InChI=1S/C16H21NO2/c1-10-2-3-17(14(10)15(18)19)16-7-11-4-12(8-16)6-13(5-11)9-16/h2-3,11-13H,4-9H2,1H3,(H,18,19). The fourth-order valence-electron chi connectivity index (χ4n) is 5.56. The predicted molar refractivity (Wildman–Crippen MR) is 72.3 cm³/mol. The summed E-state index contributed by atoms with van der Waals surface area (Å²) in [5.74, 6) is 1.76. The van der Waals surface area contributed by atoms with Crippen LogP contribution >= 0.6 is 0 Å². The van der Waals surface area contributed by atoms with E-state index in [1.54, 1.807) is 0 Å². The number of nitrogens with zero attached hydrogens (tertiary/aromatic N) is 1. The Bertz CT molecular complexity index is 508. The fraction of sp³-hybridized carbons (Fsp3) is 0.688. The molecular formula is C16H21NO2. The lowest BCUT2D eigenvalue weighted by Crippen LogP contribution is -2.52. The van der Waals surface area contributed by atoms with Gasteiger partial charge in [0, 0.05) is 11.7 Å². The number of aromatic carboxylic acids is 1. The molecule has 0 aliphatic heterocycles. The minimum atomic E-state index is -0.766. The van der Waals surface area contributed by atoms with Crippen molar-refractivity contribution in [2.75, 3.05) is 0 Å². The summed E-state index contributed by atoms with van der Waals surface area (Å²) in [6.07, 6.45) is 9.81. The Kier molecular flexibility index (Phi) is 2.22. The molecule has 4 aliphatic carbocycles. The molecule has 4 bridgehead atoms. The highest BCUT2D eigenvalue weighted by Gasteiger charge is 2.52. The molecule has 0 aromatic carbocycles. The molecule has 1 aromatic heterocycles. The summed E-state index contributed by atoms with van der Waals surface area (Å²) in [7, 11) is 0. The molecule has 19 heavy (non-hydrogen) atoms. The Balaban J connectivity index is 1.82. The molecule has 4 aliphatic rings. The lowest BCUT2D eigenvalue weighted by Gasteiger charge is -2.57. The fourth-order valence-corrected chi connectivity index (χ4v) is 5.56. The van der Waals surface area contributed by atoms with E-state index < -0.39 is 5.97 Å². The maximum absolute atomic E-state index is 11.6. The van der Waals surface area contributed by atoms with Crippen LogP contribution in [0.5, 0.6) is 0 Å². The van der Waals surface area contributed by atoms with Crippen molar-refractivity contribution >= 4 is 5.97 Å². The minimum absolute atomic E-state index is 0.122. The molecule has 5 rings (SSSR count). The third-order valence-electron chi connectivity index (χ3n) is 5.81. The molecule has 0 spiro atoms. The Morgan fingerprint density at radius 3 is 2.21 bits per heavy atom. The van der Waals surface area contributed by atoms with Gasteiger partial charge in [0.2, 0.25) is 0 Å². The van der Waals surface area contributed by atoms with Crippen molar-refractivity contribution in [3.63, 3.8) is 0 Å². The molecule has 102 valence electrons. The summed E-state index contributed by atoms with van der Waals surface area (Å²) in [5, 5.41) is 9.52. The average molecular weight is 259 g/mol. The van der Waals surface area contributed by atoms with Gasteiger partial charge in [-0.05, 0) is 74.8 Å². The van der Waals surface area contributed by atoms with Crippen LogP contribution in [0.4, 0.5) is 0 Å². The summed E-state index contributed by atoms with van der Waals surface area (Å²) in [4.78, 5) is 11.6. The van der Waals surface area contributed by atoms with E-state index in [0.717, 1.165) is 23.3 Å². The van der Waals surface area contributed by atoms with Crippen LogP contribution in [-0.2, 0) is 5.54 Å². The smallest absolute Gasteiger partial charge is 0.352 e. The van der Waals surface area contributed by atoms with E-state index in [1.165, 1.54) is 38.5 Å². The maximum Gasteiger partial charge on any atom is 0.352 e. The monoisotopic (exact) mass is 259 g/mol. The second kappa shape index (κ2) is 3.65. The van der Waals surface area contributed by atoms with Gasteiger partial charge in [0.25, 0.3) is 0 Å². The van der Waals surface area contributed by atoms with Gasteiger partial charge in [0.05, 0.1) is 0 Å². The molecule has 0 saturated heterocycles. The third-order valence-corrected chi connectivity index (χ3v) is 5.81. The molecule has 1 aromatic rings. The van der Waals surface area contributed by atoms with Gasteiger partial charge in [-0.2, -0.15) is 0 Å². The van der Waals surface area contributed by atoms with Crippen molar-refractivity contribution in [2.45, 2.75) is 51.0 Å². The molecule has 4 fully saturated rings. The van der Waals surface area contributed by atoms with Gasteiger partial charge >= 0.3 is 5.97 Å². The second-order valence-corrected chi connectivity index (χ2v) is 7.16. The summed E-state index contributed by atoms with van der Waals surface area (Å²) in [6, 6.07) is 1.97. The molecule has 1 N–H and O–H groups in total. The second-order valence-electron chi connectivity index (χ2n) is 7.16. The lowest BCUT2D eigenvalue weighted by atomic mass is 9.53. The highest BCUT2D eigenvalue weighted by Crippen LogP contribution is 2.59. The van der Waals surface area contributed by atoms with Crippen molar-refractivity contribution in [1.29, 1.82) is 0 Å². The Hall–Kier alpha value is -1.25. The first kappa shape index (κ1) is 11.6. The molecular weight excluding hydrogens is 238 g/mol. The zero-order valence-electron chi connectivity index (χ0n) is 11.4. The summed E-state index contributed by atoms with van der Waals surface area (Å²) >= 11 is 0. The zero-order valence-corrected chi connectivity index (χ0v) is 11.4. The van der Waals surface area contributed by atoms with Gasteiger partial charge in [0.15, 0.2) is 0 Å². The van der Waals surface area contributed by atoms with Gasteiger partial charge < -0.3 is 9.67 Å². The SMILES string of the molecule is Cc1ccn(C23CC4CC(CC(C4)C2)C3)c1C(=O)O. The van der Waals surface area contributed by atoms with Crippen LogP contribution in [0.2, 0.25) is 0 Å². The van der Waals surface area contributed by atoms with Crippen LogP contribution in [0.15, 0.2) is 12.3 Å². The number of rotatable bonds is 2. The number of carbonyl (C=O) groups is 1. The van der Waals surface area contributed by atoms with Crippen molar-refractivity contribution in [2.24, 2.45) is 17.8 Å². The number of aryl methyl sites for hydroxylation is 1. The number of aromatic nitrogens is 1. The van der Waals surface area contributed by atoms with Gasteiger partial charge in [-0.3, -0.25) is 0 Å². The van der Waals surface area contributed by atoms with Gasteiger partial charge in [-0.15, -0.1) is 0 Å². The third kappa shape index (κ3) is 1.53. The van der Waals surface area contributed by atoms with Crippen LogP contribution < -0.4 is 0 Å². The quantitative estimate of drug-likeness (QED) is 0.884. The molecule has 0 atom stereocenters. The first-order valence-corrected chi connectivity index (χ1v) is 7.49. The molecule has 4 saturated carbocycles. The average Bonchev–Trinajstić information content (AvgIpc) is 2.70. The molecule has 1 heterocycles. The topological polar surface area (TPSA) is 42.2 Å². The molecule has 3 nitrogen and oxygen atoms in total. The number of carboxylic acid groups (broad SMARTS) is 1. The molecule has 0 amide bonds. The number of hydrogen-bond donors (Lipinski definition) is 1. The van der Waals surface area contributed by atoms with Gasteiger partial charge in [0.1, 0.15) is 5.69 Å². The van der Waals surface area contributed by atoms with Crippen LogP contribution in [0.25, 0.3) is 0 Å². The van der Waals surface area contributed by atoms with E-state index in [0.29, 0.717) is 5.69 Å². The van der Waals surface area contributed by atoms with E-state index in [9.17, 15) is 9.90 Å². The molecule has 0 radical (unpaired) electrons. The van der Waals surface area contributed by atoms with E-state index in [-0.39, 0.29) is 5.54 Å². The van der Waals surface area contributed by atoms with E-state index in [1.807, 2.05) is 19.2 Å². The van der Waals surface area contributed by atoms with E-state index in [4.69, 9.17) is 0 Å². The molecule has 0 unspecified atom stereocenters. The van der Waals surface area contributed by atoms with Crippen molar-refractivity contribution in [1.82, 2.24) is 4.57 Å². The van der Waals surface area contributed by atoms with E-state index in [2.05, 4.69) is 4.57 Å². The summed E-state index contributed by atoms with van der Waals surface area (Å²) in [5.41, 5.74) is 1.56. The van der Waals surface area contributed by atoms with Crippen LogP contribution in [0, 0.1) is 24.7 Å². The van der Waals surface area contributed by atoms with Crippen molar-refractivity contribution < 1.29 is 9.90 Å². The highest BCUT2D eigenvalue weighted by molar-refractivity contribution is 5.87. The first-order chi connectivity index (χ1) is 9.07. The molecule has 3 heteroatoms. The number of hydrogen-bond acceptors (Lipinski definition) is 1. The van der Waals surface area contributed by atoms with Gasteiger partial charge in [-0.25, -0.2) is 4.79 Å². The Morgan fingerprint density at radius 1 is 1.21 bits per heavy atom. The Labute approximate surface area is 113 Å². The minimum Gasteiger partial charge on any atom is -0.477 e.